The number of rotatable bonds is 5. The van der Waals surface area contributed by atoms with E-state index < -0.39 is 26.8 Å². The van der Waals surface area contributed by atoms with E-state index in [0.717, 1.165) is 24.5 Å². The Labute approximate surface area is 152 Å². The fourth-order valence-electron chi connectivity index (χ4n) is 3.22. The van der Waals surface area contributed by atoms with Gasteiger partial charge in [0.1, 0.15) is 10.7 Å². The van der Waals surface area contributed by atoms with Crippen LogP contribution in [0.5, 0.6) is 0 Å². The molecule has 1 amide bonds. The van der Waals surface area contributed by atoms with Gasteiger partial charge in [0, 0.05) is 18.9 Å². The number of aromatic nitrogens is 1. The van der Waals surface area contributed by atoms with E-state index in [-0.39, 0.29) is 11.9 Å². The maximum atomic E-state index is 13.8. The van der Waals surface area contributed by atoms with E-state index in [1.54, 1.807) is 17.3 Å². The number of amides is 1. The van der Waals surface area contributed by atoms with Crippen LogP contribution >= 0.6 is 0 Å². The molecule has 1 aliphatic heterocycles. The Morgan fingerprint density at radius 2 is 1.96 bits per heavy atom. The van der Waals surface area contributed by atoms with Gasteiger partial charge in [-0.25, -0.2) is 12.8 Å². The summed E-state index contributed by atoms with van der Waals surface area (Å²) in [5.41, 5.74) is 0.968. The van der Waals surface area contributed by atoms with E-state index in [0.29, 0.717) is 6.54 Å². The van der Waals surface area contributed by atoms with E-state index in [9.17, 15) is 17.6 Å². The summed E-state index contributed by atoms with van der Waals surface area (Å²) in [4.78, 5) is 18.0. The Balaban J connectivity index is 1.76. The van der Waals surface area contributed by atoms with Crippen molar-refractivity contribution in [3.8, 4) is 0 Å². The van der Waals surface area contributed by atoms with Crippen LogP contribution in [0, 0.1) is 5.82 Å². The Bertz CT molecular complexity index is 890. The maximum Gasteiger partial charge on any atom is 0.244 e. The molecule has 0 bridgehead atoms. The number of nitrogens with zero attached hydrogens (tertiary/aromatic N) is 2. The molecule has 1 fully saturated rings. The number of likely N-dealkylation sites (tertiary alicyclic amines) is 1. The predicted molar refractivity (Wildman–Crippen MR) is 94.1 cm³/mol. The first-order valence-corrected chi connectivity index (χ1v) is 9.86. The van der Waals surface area contributed by atoms with E-state index in [1.807, 2.05) is 12.1 Å². The summed E-state index contributed by atoms with van der Waals surface area (Å²) in [6, 6.07) is 7.68. The van der Waals surface area contributed by atoms with Gasteiger partial charge in [0.15, 0.2) is 0 Å². The monoisotopic (exact) mass is 377 g/mol. The van der Waals surface area contributed by atoms with Crippen molar-refractivity contribution in [2.75, 3.05) is 6.54 Å². The summed E-state index contributed by atoms with van der Waals surface area (Å²) < 4.78 is 40.9. The molecule has 6 nitrogen and oxygen atoms in total. The van der Waals surface area contributed by atoms with Crippen molar-refractivity contribution in [2.24, 2.45) is 0 Å². The minimum absolute atomic E-state index is 0.106. The Morgan fingerprint density at radius 1 is 1.27 bits per heavy atom. The number of carbonyl (C=O) groups is 1. The van der Waals surface area contributed by atoms with Gasteiger partial charge in [0.25, 0.3) is 0 Å². The first-order valence-electron chi connectivity index (χ1n) is 8.37. The van der Waals surface area contributed by atoms with Crippen LogP contribution < -0.4 is 4.72 Å². The van der Waals surface area contributed by atoms with E-state index in [4.69, 9.17) is 0 Å². The summed E-state index contributed by atoms with van der Waals surface area (Å²) in [7, 11) is -4.13. The average molecular weight is 377 g/mol. The van der Waals surface area contributed by atoms with E-state index >= 15 is 0 Å². The van der Waals surface area contributed by atoms with Gasteiger partial charge in [-0.05, 0) is 49.6 Å². The molecule has 0 radical (unpaired) electrons. The molecule has 2 atom stereocenters. The van der Waals surface area contributed by atoms with Crippen molar-refractivity contribution >= 4 is 15.9 Å². The highest BCUT2D eigenvalue weighted by Gasteiger charge is 2.34. The summed E-state index contributed by atoms with van der Waals surface area (Å²) in [6.45, 7) is 2.03. The highest BCUT2D eigenvalue weighted by molar-refractivity contribution is 7.89. The molecule has 1 aromatic heterocycles. The smallest absolute Gasteiger partial charge is 0.244 e. The number of halogens is 1. The van der Waals surface area contributed by atoms with Crippen LogP contribution in [0.2, 0.25) is 0 Å². The Hall–Kier alpha value is -2.32. The van der Waals surface area contributed by atoms with Gasteiger partial charge in [-0.1, -0.05) is 12.1 Å². The minimum atomic E-state index is -4.13. The third kappa shape index (κ3) is 3.76. The van der Waals surface area contributed by atoms with Crippen molar-refractivity contribution in [2.45, 2.75) is 36.7 Å². The molecule has 1 aliphatic rings. The zero-order valence-corrected chi connectivity index (χ0v) is 15.1. The van der Waals surface area contributed by atoms with Crippen LogP contribution in [0.3, 0.4) is 0 Å². The van der Waals surface area contributed by atoms with Crippen molar-refractivity contribution in [1.82, 2.24) is 14.6 Å². The molecule has 138 valence electrons. The number of benzene rings is 1. The topological polar surface area (TPSA) is 79.4 Å². The number of pyridine rings is 1. The molecule has 1 N–H and O–H groups in total. The van der Waals surface area contributed by atoms with Gasteiger partial charge >= 0.3 is 0 Å². The first kappa shape index (κ1) is 18.5. The van der Waals surface area contributed by atoms with Gasteiger partial charge in [0.05, 0.1) is 12.1 Å². The molecule has 8 heteroatoms. The van der Waals surface area contributed by atoms with Gasteiger partial charge in [-0.15, -0.1) is 0 Å². The average Bonchev–Trinajstić information content (AvgIpc) is 3.11. The zero-order valence-electron chi connectivity index (χ0n) is 14.3. The van der Waals surface area contributed by atoms with E-state index in [1.165, 1.54) is 25.1 Å². The number of hydrogen-bond donors (Lipinski definition) is 1. The third-order valence-electron chi connectivity index (χ3n) is 4.46. The molecule has 0 spiro atoms. The van der Waals surface area contributed by atoms with Gasteiger partial charge < -0.3 is 4.90 Å². The molecule has 1 unspecified atom stereocenters. The first-order chi connectivity index (χ1) is 12.4. The summed E-state index contributed by atoms with van der Waals surface area (Å²) in [5.74, 6) is -1.18. The second kappa shape index (κ2) is 7.51. The summed E-state index contributed by atoms with van der Waals surface area (Å²) in [6.07, 6.45) is 4.98. The minimum Gasteiger partial charge on any atom is -0.334 e. The van der Waals surface area contributed by atoms with Crippen LogP contribution in [0.25, 0.3) is 0 Å². The van der Waals surface area contributed by atoms with Crippen LogP contribution in [-0.4, -0.2) is 36.8 Å². The lowest BCUT2D eigenvalue weighted by Gasteiger charge is -2.28. The number of carbonyl (C=O) groups excluding carboxylic acids is 1. The van der Waals surface area contributed by atoms with Crippen molar-refractivity contribution in [1.29, 1.82) is 0 Å². The van der Waals surface area contributed by atoms with E-state index in [2.05, 4.69) is 9.71 Å². The highest BCUT2D eigenvalue weighted by Crippen LogP contribution is 2.32. The summed E-state index contributed by atoms with van der Waals surface area (Å²) in [5, 5.41) is 0. The van der Waals surface area contributed by atoms with Crippen molar-refractivity contribution in [3.05, 3.63) is 60.2 Å². The Morgan fingerprint density at radius 3 is 2.65 bits per heavy atom. The molecule has 2 heterocycles. The Kier molecular flexibility index (Phi) is 5.33. The highest BCUT2D eigenvalue weighted by atomic mass is 32.2. The fraction of sp³-hybridized carbons (Fsp3) is 0.333. The summed E-state index contributed by atoms with van der Waals surface area (Å²) >= 11 is 0. The third-order valence-corrected chi connectivity index (χ3v) is 6.03. The molecule has 2 aromatic rings. The van der Waals surface area contributed by atoms with Crippen molar-refractivity contribution in [3.63, 3.8) is 0 Å². The molecular formula is C18H20FN3O3S. The standard InChI is InChI=1S/C18H20FN3O3S/c1-13(21-26(24,25)17-7-3-2-5-15(17)19)18(23)22-12-4-6-16(22)14-8-10-20-11-9-14/h2-3,5,7-11,13,16,21H,4,6,12H2,1H3/t13-,16?/m1/s1. The number of hydrogen-bond acceptors (Lipinski definition) is 4. The second-order valence-electron chi connectivity index (χ2n) is 6.24. The van der Waals surface area contributed by atoms with Crippen LogP contribution in [0.1, 0.15) is 31.4 Å². The van der Waals surface area contributed by atoms with Crippen LogP contribution in [-0.2, 0) is 14.8 Å². The van der Waals surface area contributed by atoms with Crippen LogP contribution in [0.4, 0.5) is 4.39 Å². The SMILES string of the molecule is C[C@@H](NS(=O)(=O)c1ccccc1F)C(=O)N1CCCC1c1ccncc1. The molecule has 1 saturated heterocycles. The lowest BCUT2D eigenvalue weighted by molar-refractivity contribution is -0.133. The lowest BCUT2D eigenvalue weighted by Crippen LogP contribution is -2.46. The molecule has 0 saturated carbocycles. The fourth-order valence-corrected chi connectivity index (χ4v) is 4.50. The maximum absolute atomic E-state index is 13.8. The lowest BCUT2D eigenvalue weighted by atomic mass is 10.1. The van der Waals surface area contributed by atoms with Gasteiger partial charge in [0.2, 0.25) is 15.9 Å². The van der Waals surface area contributed by atoms with Gasteiger partial charge in [-0.2, -0.15) is 4.72 Å². The molecule has 3 rings (SSSR count). The number of sulfonamides is 1. The molecular weight excluding hydrogens is 357 g/mol. The van der Waals surface area contributed by atoms with Crippen molar-refractivity contribution < 1.29 is 17.6 Å². The number of nitrogens with one attached hydrogen (secondary N) is 1. The quantitative estimate of drug-likeness (QED) is 0.867. The molecule has 0 aliphatic carbocycles. The largest absolute Gasteiger partial charge is 0.334 e. The predicted octanol–water partition coefficient (Wildman–Crippen LogP) is 2.25. The molecule has 1 aromatic carbocycles. The zero-order chi connectivity index (χ0) is 18.7. The second-order valence-corrected chi connectivity index (χ2v) is 7.93. The van der Waals surface area contributed by atoms with Gasteiger partial charge in [-0.3, -0.25) is 9.78 Å². The normalized spacial score (nSPS) is 18.7. The van der Waals surface area contributed by atoms with Crippen LogP contribution in [0.15, 0.2) is 53.7 Å². The molecule has 26 heavy (non-hydrogen) atoms.